The van der Waals surface area contributed by atoms with Gasteiger partial charge in [-0.25, -0.2) is 9.59 Å². The van der Waals surface area contributed by atoms with Gasteiger partial charge >= 0.3 is 17.9 Å². The number of aliphatic hydroxyl groups is 2. The summed E-state index contributed by atoms with van der Waals surface area (Å²) in [6, 6.07) is -2.56. The summed E-state index contributed by atoms with van der Waals surface area (Å²) in [7, 11) is 0. The first kappa shape index (κ1) is 73.3. The van der Waals surface area contributed by atoms with Crippen LogP contribution in [0.4, 0.5) is 0 Å². The summed E-state index contributed by atoms with van der Waals surface area (Å²) in [5.41, 5.74) is 30.2. The summed E-state index contributed by atoms with van der Waals surface area (Å²) in [6.45, 7) is -2.53. The maximum Gasteiger partial charge on any atom is 0.326 e. The van der Waals surface area contributed by atoms with Gasteiger partial charge in [0.2, 0.25) is 53.2 Å². The van der Waals surface area contributed by atoms with Crippen LogP contribution >= 0.6 is 0 Å². The van der Waals surface area contributed by atoms with E-state index in [1.54, 1.807) is 48.5 Å². The van der Waals surface area contributed by atoms with Crippen molar-refractivity contribution in [3.05, 3.63) is 70.8 Å². The van der Waals surface area contributed by atoms with Crippen molar-refractivity contribution in [3.8, 4) is 0 Å². The van der Waals surface area contributed by atoms with E-state index in [0.29, 0.717) is 60.8 Å². The zero-order chi connectivity index (χ0) is 70.4. The van der Waals surface area contributed by atoms with Crippen LogP contribution in [0.15, 0.2) is 58.5 Å². The van der Waals surface area contributed by atoms with E-state index < -0.39 is 170 Å². The lowest BCUT2D eigenvalue weighted by Crippen LogP contribution is -2.63. The van der Waals surface area contributed by atoms with Gasteiger partial charge < -0.3 is 100 Å². The molecule has 0 aromatic heterocycles. The number of hydrogen-bond donors (Lipinski definition) is 15. The Hall–Kier alpha value is -9.50. The molecule has 2 aliphatic carbocycles. The number of benzene rings is 2. The molecule has 0 bridgehead atoms. The van der Waals surface area contributed by atoms with E-state index in [2.05, 4.69) is 36.6 Å². The first-order chi connectivity index (χ1) is 46.3. The molecular weight excluding hydrogens is 1260 g/mol. The number of aliphatic imine (C=N–C) groups is 2. The van der Waals surface area contributed by atoms with Gasteiger partial charge in [0.1, 0.15) is 54.4 Å². The van der Waals surface area contributed by atoms with Gasteiger partial charge in [-0.15, -0.1) is 0 Å². The number of nitrogens with one attached hydrogen (secondary N) is 5. The fraction of sp³-hybridized carbons (Fsp3) is 0.594. The molecule has 4 fully saturated rings. The summed E-state index contributed by atoms with van der Waals surface area (Å²) in [6.07, 6.45) is 3.84. The number of guanidine groups is 2. The minimum Gasteiger partial charge on any atom is -0.481 e. The van der Waals surface area contributed by atoms with Crippen LogP contribution in [0, 0.1) is 11.8 Å². The van der Waals surface area contributed by atoms with Crippen molar-refractivity contribution in [2.24, 2.45) is 50.5 Å². The van der Waals surface area contributed by atoms with Crippen LogP contribution in [0.5, 0.6) is 0 Å². The highest BCUT2D eigenvalue weighted by atomic mass is 16.4. The molecule has 4 heterocycles. The number of aliphatic carboxylic acids is 3. The molecule has 2 saturated carbocycles. The third kappa shape index (κ3) is 18.1. The Morgan fingerprint density at radius 1 is 0.495 bits per heavy atom. The Morgan fingerprint density at radius 2 is 0.897 bits per heavy atom. The van der Waals surface area contributed by atoms with Crippen molar-refractivity contribution in [2.45, 2.75) is 201 Å². The fourth-order valence-corrected chi connectivity index (χ4v) is 14.6. The van der Waals surface area contributed by atoms with Crippen molar-refractivity contribution >= 4 is 83.0 Å². The van der Waals surface area contributed by atoms with E-state index in [1.807, 2.05) is 0 Å². The number of likely N-dealkylation sites (tertiary alicyclic amines) is 2. The molecule has 0 radical (unpaired) electrons. The lowest BCUT2D eigenvalue weighted by molar-refractivity contribution is -0.154. The molecular formula is C64H90N16O17. The van der Waals surface area contributed by atoms with Crippen molar-refractivity contribution in [2.75, 3.05) is 26.3 Å². The molecule has 20 N–H and O–H groups in total. The quantitative estimate of drug-likeness (QED) is 0.0210. The van der Waals surface area contributed by atoms with Crippen molar-refractivity contribution in [1.29, 1.82) is 0 Å². The van der Waals surface area contributed by atoms with E-state index in [4.69, 9.17) is 28.7 Å². The fourth-order valence-electron chi connectivity index (χ4n) is 14.6. The Balaban J connectivity index is 1.02. The zero-order valence-electron chi connectivity index (χ0n) is 53.9. The average Bonchev–Trinajstić information content (AvgIpc) is 1.70. The van der Waals surface area contributed by atoms with E-state index in [9.17, 15) is 63.9 Å². The topological polar surface area (TPSA) is 534 Å². The number of rotatable bonds is 29. The van der Waals surface area contributed by atoms with Gasteiger partial charge in [0.15, 0.2) is 11.9 Å². The van der Waals surface area contributed by atoms with Gasteiger partial charge in [0, 0.05) is 51.1 Å². The standard InChI is InChI=1S/C64H90N16O17/c65-39(27-52(84)85)53(86)75-42(54(87)76-44(32-82)58(91)78-30-38-16-4-2-12-34(38)24-50(78)60(93)80-46-20-8-6-14-36(46)26-48(80)56(89)74-41(62(96)97)18-10-22-71-64(68)69)28-51(83)72-43(31-81)57(90)77-29-37-15-3-1-11-33(37)23-49(77)59(92)79-45-19-7-5-13-35(45)25-47(79)55(88)73-40(61(94)95)17-9-21-70-63(66)67/h1-4,11-12,15-16,35-36,39-50,81-82H,5-10,13-14,17-32,65H2,(H,72,83)(H,73,88)(H,74,89)(H,75,86)(H,76,87)(H,84,85)(H,94,95)(H,96,97)(H4,66,67,70)(H4,68,69,71)/t35?,36?,39-,40-,41-,42+,43-,44-,45?,46?,47-,48-,49+,50+/m0/s1. The van der Waals surface area contributed by atoms with Crippen molar-refractivity contribution in [3.63, 3.8) is 0 Å². The van der Waals surface area contributed by atoms with E-state index in [0.717, 1.165) is 22.6 Å². The molecule has 2 aromatic carbocycles. The van der Waals surface area contributed by atoms with Gasteiger partial charge in [0.05, 0.1) is 32.1 Å². The average molecular weight is 1360 g/mol. The summed E-state index contributed by atoms with van der Waals surface area (Å²) in [5, 5.41) is 63.9. The van der Waals surface area contributed by atoms with Crippen LogP contribution in [-0.4, -0.2) is 227 Å². The third-order valence-electron chi connectivity index (χ3n) is 19.4. The van der Waals surface area contributed by atoms with E-state index in [-0.39, 0.29) is 101 Å². The molecule has 33 heteroatoms. The Morgan fingerprint density at radius 3 is 1.30 bits per heavy atom. The van der Waals surface area contributed by atoms with Crippen LogP contribution in [-0.2, 0) is 83.5 Å². The summed E-state index contributed by atoms with van der Waals surface area (Å²) >= 11 is 0. The number of amides is 9. The Labute approximate surface area is 559 Å². The molecule has 528 valence electrons. The first-order valence-corrected chi connectivity index (χ1v) is 33.0. The highest BCUT2D eigenvalue weighted by Gasteiger charge is 2.54. The molecule has 8 rings (SSSR count). The summed E-state index contributed by atoms with van der Waals surface area (Å²) in [4.78, 5) is 182. The second-order valence-corrected chi connectivity index (χ2v) is 25.8. The van der Waals surface area contributed by atoms with Crippen LogP contribution in [0.1, 0.15) is 125 Å². The number of carbonyl (C=O) groups excluding carboxylic acids is 9. The van der Waals surface area contributed by atoms with E-state index in [1.165, 1.54) is 9.80 Å². The van der Waals surface area contributed by atoms with Crippen molar-refractivity contribution < 1.29 is 83.1 Å². The molecule has 6 aliphatic rings. The number of carbonyl (C=O) groups is 12. The molecule has 97 heavy (non-hydrogen) atoms. The lowest BCUT2D eigenvalue weighted by atomic mass is 9.84. The first-order valence-electron chi connectivity index (χ1n) is 33.0. The van der Waals surface area contributed by atoms with Crippen LogP contribution in [0.2, 0.25) is 0 Å². The molecule has 4 unspecified atom stereocenters. The molecule has 4 aliphatic heterocycles. The van der Waals surface area contributed by atoms with Gasteiger partial charge in [-0.1, -0.05) is 74.2 Å². The van der Waals surface area contributed by atoms with E-state index >= 15 is 19.2 Å². The SMILES string of the molecule is NC(N)=NCCC[C@H](NC(=O)[C@@H]1CC2CCCCC2N1C(=O)[C@H]1Cc2ccccc2CN1C(=O)[C@H](CO)NC(=O)C[C@@H](NC(=O)[C@@H](N)CC(=O)O)C(=O)N[C@@H](CO)C(=O)N1Cc2ccccc2C[C@@H]1C(=O)N1C2CCCCC2C[C@H]1C(=O)N[C@@H](CCCN=C(N)N)C(=O)O)C(=O)O. The predicted molar refractivity (Wildman–Crippen MR) is 345 cm³/mol. The number of aliphatic hydroxyl groups excluding tert-OH is 2. The van der Waals surface area contributed by atoms with Gasteiger partial charge in [0.25, 0.3) is 0 Å². The minimum atomic E-state index is -2.06. The normalized spacial score (nSPS) is 23.5. The lowest BCUT2D eigenvalue weighted by Gasteiger charge is -2.42. The Kier molecular flexibility index (Phi) is 25.3. The molecule has 9 amide bonds. The van der Waals surface area contributed by atoms with Gasteiger partial charge in [-0.3, -0.25) is 57.9 Å². The van der Waals surface area contributed by atoms with Gasteiger partial charge in [-0.2, -0.15) is 0 Å². The third-order valence-corrected chi connectivity index (χ3v) is 19.4. The second kappa shape index (κ2) is 33.4. The molecule has 0 spiro atoms. The maximum absolute atomic E-state index is 15.4. The number of hydrogen-bond acceptors (Lipinski definition) is 17. The zero-order valence-corrected chi connectivity index (χ0v) is 53.9. The molecule has 2 saturated heterocycles. The second-order valence-electron chi connectivity index (χ2n) is 25.8. The molecule has 33 nitrogen and oxygen atoms in total. The number of carboxylic acids is 3. The highest BCUT2D eigenvalue weighted by Crippen LogP contribution is 2.43. The van der Waals surface area contributed by atoms with Crippen LogP contribution < -0.4 is 55.3 Å². The number of fused-ring (bicyclic) bond motifs is 4. The number of carboxylic acid groups (broad SMARTS) is 3. The summed E-state index contributed by atoms with van der Waals surface area (Å²) < 4.78 is 0. The predicted octanol–water partition coefficient (Wildman–Crippen LogP) is -3.91. The maximum atomic E-state index is 15.4. The monoisotopic (exact) mass is 1350 g/mol. The van der Waals surface area contributed by atoms with Crippen LogP contribution in [0.3, 0.4) is 0 Å². The largest absolute Gasteiger partial charge is 0.481 e. The van der Waals surface area contributed by atoms with Crippen LogP contribution in [0.25, 0.3) is 0 Å². The number of nitrogens with two attached hydrogens (primary N) is 5. The Bertz CT molecular complexity index is 3340. The smallest absolute Gasteiger partial charge is 0.326 e. The highest BCUT2D eigenvalue weighted by molar-refractivity contribution is 6.00. The minimum absolute atomic E-state index is 0.0437. The summed E-state index contributed by atoms with van der Waals surface area (Å²) in [5.74, 6) is -13.4. The van der Waals surface area contributed by atoms with Gasteiger partial charge in [-0.05, 0) is 98.3 Å². The number of nitrogens with zero attached hydrogens (tertiary/aromatic N) is 6. The molecule has 14 atom stereocenters. The van der Waals surface area contributed by atoms with Crippen molar-refractivity contribution in [1.82, 2.24) is 46.2 Å². The molecule has 2 aromatic rings.